The van der Waals surface area contributed by atoms with Crippen LogP contribution in [0.1, 0.15) is 12.8 Å². The van der Waals surface area contributed by atoms with E-state index in [2.05, 4.69) is 15.6 Å². The molecule has 1 rings (SSSR count). The summed E-state index contributed by atoms with van der Waals surface area (Å²) in [5.41, 5.74) is 0. The van der Waals surface area contributed by atoms with Crippen molar-refractivity contribution in [3.63, 3.8) is 0 Å². The molecule has 0 saturated heterocycles. The predicted molar refractivity (Wildman–Crippen MR) is 71.3 cm³/mol. The van der Waals surface area contributed by atoms with Gasteiger partial charge in [-0.25, -0.2) is 14.6 Å². The lowest BCUT2D eigenvalue weighted by Crippen LogP contribution is -2.48. The Bertz CT molecular complexity index is 408. The number of aryl methyl sites for hydroxylation is 1. The van der Waals surface area contributed by atoms with Crippen molar-refractivity contribution >= 4 is 12.0 Å². The molecule has 0 radical (unpaired) electrons. The average molecular weight is 284 g/mol. The minimum absolute atomic E-state index is 0.0661. The summed E-state index contributed by atoms with van der Waals surface area (Å²) in [4.78, 5) is 26.2. The zero-order valence-electron chi connectivity index (χ0n) is 11.4. The molecule has 3 N–H and O–H groups in total. The normalized spacial score (nSPS) is 11.8. The maximum absolute atomic E-state index is 11.5. The van der Waals surface area contributed by atoms with Crippen LogP contribution in [0.5, 0.6) is 0 Å². The van der Waals surface area contributed by atoms with E-state index in [1.165, 1.54) is 7.11 Å². The van der Waals surface area contributed by atoms with Crippen molar-refractivity contribution in [1.29, 1.82) is 0 Å². The number of hydrogen-bond donors (Lipinski definition) is 3. The van der Waals surface area contributed by atoms with Crippen LogP contribution in [0.4, 0.5) is 4.79 Å². The molecular formula is C12H20N4O4. The number of rotatable bonds is 9. The summed E-state index contributed by atoms with van der Waals surface area (Å²) in [5, 5.41) is 13.8. The Balaban J connectivity index is 2.11. The van der Waals surface area contributed by atoms with E-state index in [4.69, 9.17) is 9.84 Å². The molecule has 1 atom stereocenters. The second-order valence-corrected chi connectivity index (χ2v) is 4.25. The highest BCUT2D eigenvalue weighted by Gasteiger charge is 2.19. The summed E-state index contributed by atoms with van der Waals surface area (Å²) in [6.45, 7) is 1.26. The fourth-order valence-corrected chi connectivity index (χ4v) is 1.59. The monoisotopic (exact) mass is 284 g/mol. The van der Waals surface area contributed by atoms with Gasteiger partial charge in [-0.3, -0.25) is 0 Å². The molecule has 1 aromatic heterocycles. The topological polar surface area (TPSA) is 105 Å². The third-order valence-electron chi connectivity index (χ3n) is 2.62. The number of carboxylic acids is 1. The lowest BCUT2D eigenvalue weighted by atomic mass is 10.3. The maximum atomic E-state index is 11.5. The first-order chi connectivity index (χ1) is 9.63. The summed E-state index contributed by atoms with van der Waals surface area (Å²) in [6.07, 6.45) is 7.03. The molecule has 0 aliphatic rings. The van der Waals surface area contributed by atoms with Gasteiger partial charge in [-0.1, -0.05) is 0 Å². The van der Waals surface area contributed by atoms with Gasteiger partial charge in [0.05, 0.1) is 12.9 Å². The number of aromatic nitrogens is 2. The van der Waals surface area contributed by atoms with Crippen LogP contribution in [0.2, 0.25) is 0 Å². The molecule has 0 fully saturated rings. The molecule has 0 aliphatic carbocycles. The van der Waals surface area contributed by atoms with Crippen LogP contribution in [0, 0.1) is 0 Å². The molecule has 1 heterocycles. The quantitative estimate of drug-likeness (QED) is 0.556. The van der Waals surface area contributed by atoms with E-state index in [0.717, 1.165) is 19.4 Å². The number of aliphatic carboxylic acids is 1. The summed E-state index contributed by atoms with van der Waals surface area (Å²) >= 11 is 0. The number of amides is 2. The largest absolute Gasteiger partial charge is 0.480 e. The first kappa shape index (κ1) is 16.0. The number of carbonyl (C=O) groups is 2. The van der Waals surface area contributed by atoms with E-state index in [0.29, 0.717) is 6.54 Å². The van der Waals surface area contributed by atoms with Crippen LogP contribution < -0.4 is 10.6 Å². The van der Waals surface area contributed by atoms with Crippen molar-refractivity contribution in [3.8, 4) is 0 Å². The molecule has 0 aliphatic heterocycles. The van der Waals surface area contributed by atoms with Crippen molar-refractivity contribution in [2.45, 2.75) is 25.4 Å². The standard InChI is InChI=1S/C12H20N4O4/c1-20-8-10(11(17)18)15-12(19)14-4-2-3-6-16-7-5-13-9-16/h5,7,9-10H,2-4,6,8H2,1H3,(H,17,18)(H2,14,15,19). The molecule has 0 aromatic carbocycles. The summed E-state index contributed by atoms with van der Waals surface area (Å²) in [5.74, 6) is -1.12. The Morgan fingerprint density at radius 3 is 2.85 bits per heavy atom. The zero-order valence-corrected chi connectivity index (χ0v) is 11.4. The number of carbonyl (C=O) groups excluding carboxylic acids is 1. The van der Waals surface area contributed by atoms with Crippen LogP contribution in [0.3, 0.4) is 0 Å². The van der Waals surface area contributed by atoms with Gasteiger partial charge in [0.15, 0.2) is 6.04 Å². The molecule has 2 amide bonds. The molecule has 0 bridgehead atoms. The number of hydrogen-bond acceptors (Lipinski definition) is 4. The second-order valence-electron chi connectivity index (χ2n) is 4.25. The van der Waals surface area contributed by atoms with Gasteiger partial charge in [0.25, 0.3) is 0 Å². The Kier molecular flexibility index (Phi) is 7.12. The molecule has 8 heteroatoms. The number of nitrogens with zero attached hydrogens (tertiary/aromatic N) is 2. The van der Waals surface area contributed by atoms with E-state index >= 15 is 0 Å². The molecule has 1 aromatic rings. The molecule has 0 spiro atoms. The molecule has 1 unspecified atom stereocenters. The van der Waals surface area contributed by atoms with Gasteiger partial charge in [0.1, 0.15) is 0 Å². The maximum Gasteiger partial charge on any atom is 0.328 e. The highest BCUT2D eigenvalue weighted by atomic mass is 16.5. The minimum Gasteiger partial charge on any atom is -0.480 e. The summed E-state index contributed by atoms with van der Waals surface area (Å²) in [6, 6.07) is -1.54. The Morgan fingerprint density at radius 1 is 1.45 bits per heavy atom. The number of methoxy groups -OCH3 is 1. The smallest absolute Gasteiger partial charge is 0.328 e. The molecular weight excluding hydrogens is 264 g/mol. The SMILES string of the molecule is COCC(NC(=O)NCCCCn1ccnc1)C(=O)O. The Morgan fingerprint density at radius 2 is 2.25 bits per heavy atom. The van der Waals surface area contributed by atoms with E-state index in [-0.39, 0.29) is 6.61 Å². The van der Waals surface area contributed by atoms with Crippen molar-refractivity contribution in [3.05, 3.63) is 18.7 Å². The Labute approximate surface area is 117 Å². The molecule has 112 valence electrons. The lowest BCUT2D eigenvalue weighted by molar-refractivity contribution is -0.140. The van der Waals surface area contributed by atoms with Crippen molar-refractivity contribution in [1.82, 2.24) is 20.2 Å². The molecule has 8 nitrogen and oxygen atoms in total. The van der Waals surface area contributed by atoms with Gasteiger partial charge in [-0.15, -0.1) is 0 Å². The first-order valence-corrected chi connectivity index (χ1v) is 6.35. The van der Waals surface area contributed by atoms with Crippen molar-refractivity contribution in [2.75, 3.05) is 20.3 Å². The van der Waals surface area contributed by atoms with Crippen LogP contribution in [0.15, 0.2) is 18.7 Å². The van der Waals surface area contributed by atoms with Crippen LogP contribution in [-0.2, 0) is 16.1 Å². The van der Waals surface area contributed by atoms with Gasteiger partial charge in [0.2, 0.25) is 0 Å². The van der Waals surface area contributed by atoms with Gasteiger partial charge >= 0.3 is 12.0 Å². The van der Waals surface area contributed by atoms with Gasteiger partial charge in [0, 0.05) is 32.6 Å². The highest BCUT2D eigenvalue weighted by Crippen LogP contribution is 1.94. The van der Waals surface area contributed by atoms with Gasteiger partial charge in [-0.2, -0.15) is 0 Å². The number of urea groups is 1. The zero-order chi connectivity index (χ0) is 14.8. The summed E-state index contributed by atoms with van der Waals surface area (Å²) < 4.78 is 6.68. The van der Waals surface area contributed by atoms with Gasteiger partial charge in [-0.05, 0) is 12.8 Å². The molecule has 20 heavy (non-hydrogen) atoms. The van der Waals surface area contributed by atoms with E-state index in [9.17, 15) is 9.59 Å². The third-order valence-corrected chi connectivity index (χ3v) is 2.62. The lowest BCUT2D eigenvalue weighted by Gasteiger charge is -2.14. The summed E-state index contributed by atoms with van der Waals surface area (Å²) in [7, 11) is 1.38. The van der Waals surface area contributed by atoms with Crippen molar-refractivity contribution < 1.29 is 19.4 Å². The van der Waals surface area contributed by atoms with Crippen LogP contribution in [0.25, 0.3) is 0 Å². The fraction of sp³-hybridized carbons (Fsp3) is 0.583. The number of imidazole rings is 1. The number of ether oxygens (including phenoxy) is 1. The number of unbranched alkanes of at least 4 members (excludes halogenated alkanes) is 1. The second kappa shape index (κ2) is 8.92. The number of nitrogens with one attached hydrogen (secondary N) is 2. The highest BCUT2D eigenvalue weighted by molar-refractivity contribution is 5.82. The van der Waals surface area contributed by atoms with E-state index in [1.807, 2.05) is 10.8 Å². The van der Waals surface area contributed by atoms with E-state index in [1.54, 1.807) is 12.5 Å². The van der Waals surface area contributed by atoms with Gasteiger partial charge < -0.3 is 25.0 Å². The first-order valence-electron chi connectivity index (χ1n) is 6.35. The molecule has 0 saturated carbocycles. The Hall–Kier alpha value is -2.09. The van der Waals surface area contributed by atoms with Crippen LogP contribution in [-0.4, -0.2) is 53.0 Å². The van der Waals surface area contributed by atoms with E-state index < -0.39 is 18.0 Å². The predicted octanol–water partition coefficient (Wildman–Crippen LogP) is 0.0621. The average Bonchev–Trinajstić information content (AvgIpc) is 2.91. The number of carboxylic acid groups (broad SMARTS) is 1. The fourth-order valence-electron chi connectivity index (χ4n) is 1.59. The third kappa shape index (κ3) is 6.19. The van der Waals surface area contributed by atoms with Crippen molar-refractivity contribution in [2.24, 2.45) is 0 Å². The minimum atomic E-state index is -1.12. The van der Waals surface area contributed by atoms with Crippen LogP contribution >= 0.6 is 0 Å².